The molecular weight excluding hydrogens is 262 g/mol. The molecule has 0 aromatic heterocycles. The van der Waals surface area contributed by atoms with Crippen LogP contribution in [0.15, 0.2) is 53.6 Å². The summed E-state index contributed by atoms with van der Waals surface area (Å²) in [5.41, 5.74) is 10.3. The average molecular weight is 272 g/mol. The molecule has 5 heteroatoms. The van der Waals surface area contributed by atoms with Crippen molar-refractivity contribution >= 4 is 17.4 Å². The van der Waals surface area contributed by atoms with Crippen molar-refractivity contribution < 1.29 is 4.79 Å². The fourth-order valence-corrected chi connectivity index (χ4v) is 1.77. The molecule has 0 aliphatic heterocycles. The van der Waals surface area contributed by atoms with Gasteiger partial charge in [0.15, 0.2) is 5.78 Å². The second-order valence-electron chi connectivity index (χ2n) is 3.92. The van der Waals surface area contributed by atoms with Gasteiger partial charge >= 0.3 is 0 Å². The van der Waals surface area contributed by atoms with Crippen molar-refractivity contribution in [1.82, 2.24) is 0 Å². The highest BCUT2D eigenvalue weighted by Crippen LogP contribution is 2.14. The van der Waals surface area contributed by atoms with Gasteiger partial charge in [-0.2, -0.15) is 0 Å². The molecule has 0 N–H and O–H groups in total. The minimum Gasteiger partial charge on any atom is -0.289 e. The molecule has 0 radical (unpaired) electrons. The first-order chi connectivity index (χ1) is 9.20. The third-order valence-electron chi connectivity index (χ3n) is 2.64. The Hall–Kier alpha value is -2.29. The van der Waals surface area contributed by atoms with E-state index in [1.165, 1.54) is 0 Å². The molecule has 0 bridgehead atoms. The standard InChI is InChI=1S/C14H10ClN3O/c15-13-7-5-12(6-8-13)14(19)11-3-1-10(2-4-11)9-17-18-16/h1-8H,9H2. The first-order valence-electron chi connectivity index (χ1n) is 5.61. The molecule has 2 aromatic rings. The summed E-state index contributed by atoms with van der Waals surface area (Å²) in [6, 6.07) is 13.8. The molecule has 2 rings (SSSR count). The highest BCUT2D eigenvalue weighted by molar-refractivity contribution is 6.30. The van der Waals surface area contributed by atoms with E-state index in [1.54, 1.807) is 48.5 Å². The summed E-state index contributed by atoms with van der Waals surface area (Å²) < 4.78 is 0. The summed E-state index contributed by atoms with van der Waals surface area (Å²) in [6.07, 6.45) is 0. The molecule has 4 nitrogen and oxygen atoms in total. The number of rotatable bonds is 4. The fraction of sp³-hybridized carbons (Fsp3) is 0.0714. The molecule has 0 saturated carbocycles. The van der Waals surface area contributed by atoms with E-state index in [0.717, 1.165) is 5.56 Å². The van der Waals surface area contributed by atoms with Crippen molar-refractivity contribution in [2.45, 2.75) is 6.54 Å². The van der Waals surface area contributed by atoms with Crippen LogP contribution < -0.4 is 0 Å². The second-order valence-corrected chi connectivity index (χ2v) is 4.36. The minimum absolute atomic E-state index is 0.0630. The number of carbonyl (C=O) groups excluding carboxylic acids is 1. The van der Waals surface area contributed by atoms with Crippen molar-refractivity contribution in [3.63, 3.8) is 0 Å². The van der Waals surface area contributed by atoms with Gasteiger partial charge in [-0.1, -0.05) is 41.0 Å². The first kappa shape index (κ1) is 13.1. The molecule has 0 heterocycles. The summed E-state index contributed by atoms with van der Waals surface area (Å²) in [6.45, 7) is 0.284. The highest BCUT2D eigenvalue weighted by atomic mass is 35.5. The van der Waals surface area contributed by atoms with Gasteiger partial charge in [-0.3, -0.25) is 4.79 Å². The molecule has 0 spiro atoms. The number of azide groups is 1. The van der Waals surface area contributed by atoms with E-state index in [2.05, 4.69) is 10.0 Å². The second kappa shape index (κ2) is 6.05. The van der Waals surface area contributed by atoms with E-state index in [1.807, 2.05) is 0 Å². The summed E-state index contributed by atoms with van der Waals surface area (Å²) in [4.78, 5) is 14.8. The van der Waals surface area contributed by atoms with Crippen LogP contribution in [0.2, 0.25) is 5.02 Å². The van der Waals surface area contributed by atoms with E-state index >= 15 is 0 Å². The topological polar surface area (TPSA) is 65.8 Å². The smallest absolute Gasteiger partial charge is 0.193 e. The van der Waals surface area contributed by atoms with Gasteiger partial charge in [0, 0.05) is 21.1 Å². The Morgan fingerprint density at radius 2 is 1.58 bits per heavy atom. The van der Waals surface area contributed by atoms with Crippen molar-refractivity contribution in [1.29, 1.82) is 0 Å². The van der Waals surface area contributed by atoms with Gasteiger partial charge in [0.05, 0.1) is 6.54 Å². The summed E-state index contributed by atoms with van der Waals surface area (Å²) >= 11 is 5.78. The van der Waals surface area contributed by atoms with Crippen LogP contribution in [0.5, 0.6) is 0 Å². The zero-order chi connectivity index (χ0) is 13.7. The summed E-state index contributed by atoms with van der Waals surface area (Å²) in [5.74, 6) is -0.0630. The van der Waals surface area contributed by atoms with Gasteiger partial charge in [-0.05, 0) is 35.4 Å². The number of halogens is 1. The van der Waals surface area contributed by atoms with Crippen LogP contribution in [0.3, 0.4) is 0 Å². The van der Waals surface area contributed by atoms with E-state index in [9.17, 15) is 4.79 Å². The van der Waals surface area contributed by atoms with Crippen molar-refractivity contribution in [2.75, 3.05) is 0 Å². The maximum absolute atomic E-state index is 12.2. The van der Waals surface area contributed by atoms with E-state index in [0.29, 0.717) is 16.1 Å². The maximum Gasteiger partial charge on any atom is 0.193 e. The number of hydrogen-bond donors (Lipinski definition) is 0. The molecule has 19 heavy (non-hydrogen) atoms. The van der Waals surface area contributed by atoms with Gasteiger partial charge in [0.2, 0.25) is 0 Å². The van der Waals surface area contributed by atoms with Crippen LogP contribution in [0, 0.1) is 0 Å². The Labute approximate surface area is 115 Å². The van der Waals surface area contributed by atoms with E-state index in [4.69, 9.17) is 17.1 Å². The van der Waals surface area contributed by atoms with Crippen LogP contribution in [0.1, 0.15) is 21.5 Å². The predicted molar refractivity (Wildman–Crippen MR) is 74.2 cm³/mol. The highest BCUT2D eigenvalue weighted by Gasteiger charge is 2.08. The summed E-state index contributed by atoms with van der Waals surface area (Å²) in [5, 5.41) is 4.06. The molecular formula is C14H10ClN3O. The van der Waals surface area contributed by atoms with Crippen LogP contribution in [0.4, 0.5) is 0 Å². The molecule has 0 fully saturated rings. The Bertz CT molecular complexity index is 629. The molecule has 0 unspecified atom stereocenters. The van der Waals surface area contributed by atoms with Crippen molar-refractivity contribution in [2.24, 2.45) is 5.11 Å². The number of nitrogens with zero attached hydrogens (tertiary/aromatic N) is 3. The number of hydrogen-bond acceptors (Lipinski definition) is 2. The van der Waals surface area contributed by atoms with Gasteiger partial charge in [-0.15, -0.1) is 0 Å². The number of benzene rings is 2. The fourth-order valence-electron chi connectivity index (χ4n) is 1.64. The molecule has 2 aromatic carbocycles. The lowest BCUT2D eigenvalue weighted by atomic mass is 10.0. The maximum atomic E-state index is 12.2. The van der Waals surface area contributed by atoms with E-state index in [-0.39, 0.29) is 12.3 Å². The lowest BCUT2D eigenvalue weighted by molar-refractivity contribution is 0.103. The van der Waals surface area contributed by atoms with Crippen LogP contribution in [0.25, 0.3) is 10.4 Å². The predicted octanol–water partition coefficient (Wildman–Crippen LogP) is 4.38. The SMILES string of the molecule is [N-]=[N+]=NCc1ccc(C(=O)c2ccc(Cl)cc2)cc1. The Kier molecular flexibility index (Phi) is 4.18. The first-order valence-corrected chi connectivity index (χ1v) is 5.98. The lowest BCUT2D eigenvalue weighted by Gasteiger charge is -2.02. The molecule has 0 atom stereocenters. The van der Waals surface area contributed by atoms with Crippen LogP contribution in [-0.4, -0.2) is 5.78 Å². The number of ketones is 1. The molecule has 0 aliphatic carbocycles. The molecule has 0 aliphatic rings. The molecule has 0 amide bonds. The van der Waals surface area contributed by atoms with Gasteiger partial charge in [-0.25, -0.2) is 0 Å². The van der Waals surface area contributed by atoms with Crippen LogP contribution >= 0.6 is 11.6 Å². The Balaban J connectivity index is 2.19. The Morgan fingerprint density at radius 1 is 1.05 bits per heavy atom. The molecule has 94 valence electrons. The normalized spacial score (nSPS) is 9.74. The van der Waals surface area contributed by atoms with Gasteiger partial charge in [0.1, 0.15) is 0 Å². The van der Waals surface area contributed by atoms with Gasteiger partial charge < -0.3 is 0 Å². The third kappa shape index (κ3) is 3.35. The zero-order valence-corrected chi connectivity index (χ0v) is 10.7. The third-order valence-corrected chi connectivity index (χ3v) is 2.89. The minimum atomic E-state index is -0.0630. The summed E-state index contributed by atoms with van der Waals surface area (Å²) in [7, 11) is 0. The van der Waals surface area contributed by atoms with Gasteiger partial charge in [0.25, 0.3) is 0 Å². The Morgan fingerprint density at radius 3 is 2.11 bits per heavy atom. The lowest BCUT2D eigenvalue weighted by Crippen LogP contribution is -2.00. The van der Waals surface area contributed by atoms with Crippen molar-refractivity contribution in [3.05, 3.63) is 80.7 Å². The quantitative estimate of drug-likeness (QED) is 0.352. The zero-order valence-electron chi connectivity index (χ0n) is 9.95. The molecule has 0 saturated heterocycles. The van der Waals surface area contributed by atoms with E-state index < -0.39 is 0 Å². The monoisotopic (exact) mass is 271 g/mol. The van der Waals surface area contributed by atoms with Crippen LogP contribution in [-0.2, 0) is 6.54 Å². The van der Waals surface area contributed by atoms with Crippen molar-refractivity contribution in [3.8, 4) is 0 Å². The average Bonchev–Trinajstić information content (AvgIpc) is 2.46. The number of carbonyl (C=O) groups is 1. The largest absolute Gasteiger partial charge is 0.289 e.